The van der Waals surface area contributed by atoms with Crippen molar-refractivity contribution in [3.63, 3.8) is 0 Å². The van der Waals surface area contributed by atoms with E-state index in [1.54, 1.807) is 12.1 Å². The Morgan fingerprint density at radius 2 is 2.10 bits per heavy atom. The zero-order valence-corrected chi connectivity index (χ0v) is 15.3. The molecule has 2 rings (SSSR count). The van der Waals surface area contributed by atoms with Crippen LogP contribution in [0.2, 0.25) is 5.02 Å². The first-order valence-electron chi connectivity index (χ1n) is 6.79. The van der Waals surface area contributed by atoms with Crippen LogP contribution in [0.3, 0.4) is 0 Å². The molecule has 110 valence electrons. The first-order chi connectivity index (χ1) is 9.46. The van der Waals surface area contributed by atoms with Crippen molar-refractivity contribution >= 4 is 49.4 Å². The molecular weight excluding hydrogens is 405 g/mol. The van der Waals surface area contributed by atoms with E-state index in [1.807, 2.05) is 6.07 Å². The highest BCUT2D eigenvalue weighted by atomic mass is 79.9. The summed E-state index contributed by atoms with van der Waals surface area (Å²) in [5, 5.41) is 4.46. The number of hydrogen-bond donors (Lipinski definition) is 1. The topological polar surface area (TPSA) is 29.1 Å². The zero-order valence-electron chi connectivity index (χ0n) is 11.4. The number of hydrogen-bond acceptors (Lipinski definition) is 1. The van der Waals surface area contributed by atoms with Crippen LogP contribution >= 0.6 is 43.5 Å². The molecule has 1 aromatic carbocycles. The first kappa shape index (κ1) is 16.3. The largest absolute Gasteiger partial charge is 0.346 e. The molecule has 0 saturated heterocycles. The maximum absolute atomic E-state index is 12.5. The lowest BCUT2D eigenvalue weighted by Crippen LogP contribution is -2.52. The lowest BCUT2D eigenvalue weighted by Gasteiger charge is -2.39. The highest BCUT2D eigenvalue weighted by Gasteiger charge is 2.35. The molecule has 1 N–H and O–H groups in total. The Hall–Kier alpha value is -0.0600. The van der Waals surface area contributed by atoms with Gasteiger partial charge in [0.2, 0.25) is 0 Å². The maximum Gasteiger partial charge on any atom is 0.253 e. The summed E-state index contributed by atoms with van der Waals surface area (Å²) in [5.74, 6) is 0.652. The van der Waals surface area contributed by atoms with Crippen molar-refractivity contribution in [2.75, 3.05) is 5.33 Å². The second kappa shape index (κ2) is 6.80. The van der Waals surface area contributed by atoms with Crippen molar-refractivity contribution < 1.29 is 4.79 Å². The predicted octanol–water partition coefficient (Wildman–Crippen LogP) is 5.18. The number of alkyl halides is 1. The molecule has 0 aromatic heterocycles. The van der Waals surface area contributed by atoms with Gasteiger partial charge in [-0.1, -0.05) is 50.4 Å². The average Bonchev–Trinajstić information content (AvgIpc) is 2.44. The summed E-state index contributed by atoms with van der Waals surface area (Å²) in [4.78, 5) is 12.5. The maximum atomic E-state index is 12.5. The number of halogens is 3. The summed E-state index contributed by atoms with van der Waals surface area (Å²) in [6.07, 6.45) is 4.32. The Morgan fingerprint density at radius 1 is 1.45 bits per heavy atom. The van der Waals surface area contributed by atoms with Crippen LogP contribution < -0.4 is 5.32 Å². The smallest absolute Gasteiger partial charge is 0.253 e. The van der Waals surface area contributed by atoms with Crippen molar-refractivity contribution in [3.8, 4) is 0 Å². The van der Waals surface area contributed by atoms with Gasteiger partial charge in [-0.25, -0.2) is 0 Å². The van der Waals surface area contributed by atoms with Crippen LogP contribution in [0.25, 0.3) is 0 Å². The minimum atomic E-state index is -0.144. The normalized spacial score (nSPS) is 26.3. The molecule has 0 atom stereocenters. The van der Waals surface area contributed by atoms with Crippen molar-refractivity contribution in [2.45, 2.75) is 38.1 Å². The molecule has 1 aromatic rings. The number of carbonyl (C=O) groups is 1. The molecule has 0 bridgehead atoms. The average molecular weight is 424 g/mol. The van der Waals surface area contributed by atoms with E-state index in [0.717, 1.165) is 41.4 Å². The van der Waals surface area contributed by atoms with Crippen LogP contribution in [0.5, 0.6) is 0 Å². The molecule has 0 spiro atoms. The molecule has 0 unspecified atom stereocenters. The molecule has 5 heteroatoms. The Labute approximate surface area is 141 Å². The third-order valence-electron chi connectivity index (χ3n) is 4.04. The molecular formula is C15H18Br2ClNO. The van der Waals surface area contributed by atoms with E-state index in [-0.39, 0.29) is 11.4 Å². The van der Waals surface area contributed by atoms with E-state index in [2.05, 4.69) is 44.1 Å². The fraction of sp³-hybridized carbons (Fsp3) is 0.533. The van der Waals surface area contributed by atoms with E-state index in [0.29, 0.717) is 10.6 Å². The van der Waals surface area contributed by atoms with Gasteiger partial charge >= 0.3 is 0 Å². The standard InChI is InChI=1S/C15H18Br2ClNO/c1-10-4-6-15(9-16,7-5-10)19-14(20)12-8-11(17)2-3-13(12)18/h2-3,8,10H,4-7,9H2,1H3,(H,19,20). The molecule has 0 aliphatic heterocycles. The fourth-order valence-electron chi connectivity index (χ4n) is 2.59. The Balaban J connectivity index is 2.15. The number of rotatable bonds is 3. The van der Waals surface area contributed by atoms with Crippen molar-refractivity contribution in [2.24, 2.45) is 5.92 Å². The molecule has 1 aliphatic carbocycles. The quantitative estimate of drug-likeness (QED) is 0.667. The summed E-state index contributed by atoms with van der Waals surface area (Å²) in [6, 6.07) is 5.34. The van der Waals surface area contributed by atoms with Gasteiger partial charge in [-0.2, -0.15) is 0 Å². The van der Waals surface area contributed by atoms with Gasteiger partial charge in [-0.15, -0.1) is 0 Å². The summed E-state index contributed by atoms with van der Waals surface area (Å²) >= 11 is 13.1. The molecule has 1 amide bonds. The van der Waals surface area contributed by atoms with Crippen LogP contribution in [0.4, 0.5) is 0 Å². The van der Waals surface area contributed by atoms with Crippen molar-refractivity contribution in [1.82, 2.24) is 5.32 Å². The lowest BCUT2D eigenvalue weighted by molar-refractivity contribution is 0.0874. The number of amides is 1. The summed E-state index contributed by atoms with van der Waals surface area (Å²) in [7, 11) is 0. The summed E-state index contributed by atoms with van der Waals surface area (Å²) in [5.41, 5.74) is 0.384. The predicted molar refractivity (Wildman–Crippen MR) is 90.8 cm³/mol. The molecule has 1 fully saturated rings. The third-order valence-corrected chi connectivity index (χ3v) is 5.94. The molecule has 1 aliphatic rings. The summed E-state index contributed by atoms with van der Waals surface area (Å²) < 4.78 is 0.859. The van der Waals surface area contributed by atoms with Crippen LogP contribution in [-0.2, 0) is 0 Å². The Kier molecular flexibility index (Phi) is 5.55. The van der Waals surface area contributed by atoms with Gasteiger partial charge in [-0.3, -0.25) is 4.79 Å². The molecule has 0 heterocycles. The van der Waals surface area contributed by atoms with E-state index < -0.39 is 0 Å². The monoisotopic (exact) mass is 421 g/mol. The zero-order chi connectivity index (χ0) is 14.8. The van der Waals surface area contributed by atoms with E-state index in [9.17, 15) is 4.79 Å². The van der Waals surface area contributed by atoms with Gasteiger partial charge in [0.05, 0.1) is 16.1 Å². The summed E-state index contributed by atoms with van der Waals surface area (Å²) in [6.45, 7) is 2.27. The number of carbonyl (C=O) groups excluding carboxylic acids is 1. The fourth-order valence-corrected chi connectivity index (χ4v) is 3.85. The van der Waals surface area contributed by atoms with Crippen LogP contribution in [0.15, 0.2) is 22.7 Å². The number of benzene rings is 1. The third kappa shape index (κ3) is 3.77. The second-order valence-corrected chi connectivity index (χ2v) is 7.56. The van der Waals surface area contributed by atoms with E-state index in [4.69, 9.17) is 11.6 Å². The van der Waals surface area contributed by atoms with Crippen LogP contribution in [-0.4, -0.2) is 16.8 Å². The Morgan fingerprint density at radius 3 is 2.70 bits per heavy atom. The second-order valence-electron chi connectivity index (χ2n) is 5.67. The first-order valence-corrected chi connectivity index (χ1v) is 9.08. The van der Waals surface area contributed by atoms with Crippen LogP contribution in [0, 0.1) is 5.92 Å². The highest BCUT2D eigenvalue weighted by Crippen LogP contribution is 2.34. The van der Waals surface area contributed by atoms with Gasteiger partial charge in [0.25, 0.3) is 5.91 Å². The van der Waals surface area contributed by atoms with E-state index >= 15 is 0 Å². The molecule has 0 radical (unpaired) electrons. The van der Waals surface area contributed by atoms with Gasteiger partial charge in [0, 0.05) is 9.80 Å². The number of nitrogens with one attached hydrogen (secondary N) is 1. The van der Waals surface area contributed by atoms with Gasteiger partial charge in [0.1, 0.15) is 0 Å². The Bertz CT molecular complexity index is 499. The van der Waals surface area contributed by atoms with Crippen molar-refractivity contribution in [3.05, 3.63) is 33.3 Å². The highest BCUT2D eigenvalue weighted by molar-refractivity contribution is 9.10. The molecule has 2 nitrogen and oxygen atoms in total. The van der Waals surface area contributed by atoms with Crippen molar-refractivity contribution in [1.29, 1.82) is 0 Å². The van der Waals surface area contributed by atoms with Crippen LogP contribution in [0.1, 0.15) is 43.0 Å². The molecule has 1 saturated carbocycles. The minimum absolute atomic E-state index is 0.0923. The lowest BCUT2D eigenvalue weighted by atomic mass is 9.78. The van der Waals surface area contributed by atoms with Gasteiger partial charge < -0.3 is 5.32 Å². The SMILES string of the molecule is CC1CCC(CBr)(NC(=O)c2cc(Br)ccc2Cl)CC1. The molecule has 20 heavy (non-hydrogen) atoms. The van der Waals surface area contributed by atoms with E-state index in [1.165, 1.54) is 0 Å². The van der Waals surface area contributed by atoms with Gasteiger partial charge in [-0.05, 0) is 49.8 Å². The minimum Gasteiger partial charge on any atom is -0.346 e. The van der Waals surface area contributed by atoms with Gasteiger partial charge in [0.15, 0.2) is 0 Å².